The minimum Gasteiger partial charge on any atom is -0.384 e. The van der Waals surface area contributed by atoms with Gasteiger partial charge in [0, 0.05) is 23.2 Å². The summed E-state index contributed by atoms with van der Waals surface area (Å²) in [6.07, 6.45) is 15.8. The number of benzene rings is 3. The Balaban J connectivity index is 0.000000876. The van der Waals surface area contributed by atoms with E-state index in [0.29, 0.717) is 0 Å². The molecule has 0 spiro atoms. The molecule has 5 heteroatoms. The molecule has 0 amide bonds. The van der Waals surface area contributed by atoms with Gasteiger partial charge in [0.05, 0.1) is 11.2 Å². The minimum absolute atomic E-state index is 0.337. The van der Waals surface area contributed by atoms with Gasteiger partial charge in [0.1, 0.15) is 5.69 Å². The molecule has 1 N–H and O–H groups in total. The first kappa shape index (κ1) is 32.6. The van der Waals surface area contributed by atoms with Gasteiger partial charge in [0.25, 0.3) is 0 Å². The summed E-state index contributed by atoms with van der Waals surface area (Å²) in [5, 5.41) is 18.0. The van der Waals surface area contributed by atoms with Gasteiger partial charge in [-0.1, -0.05) is 127 Å². The van der Waals surface area contributed by atoms with Crippen molar-refractivity contribution < 1.29 is 0 Å². The smallest absolute Gasteiger partial charge is 0.114 e. The van der Waals surface area contributed by atoms with Gasteiger partial charge < -0.3 is 5.32 Å². The van der Waals surface area contributed by atoms with Crippen LogP contribution in [-0.4, -0.2) is 21.5 Å². The average molecular weight is 555 g/mol. The molecule has 40 heavy (non-hydrogen) atoms. The SMILES string of the molecule is CC.CC.CC.CCC=CC(C)(/C=C(\S)n1cc(-c2c3ccccc3cc3ccccc23)nn1)C1=CC=CCN1. The lowest BCUT2D eigenvalue weighted by atomic mass is 9.84. The van der Waals surface area contributed by atoms with Gasteiger partial charge in [-0.05, 0) is 53.1 Å². The monoisotopic (exact) mass is 554 g/mol. The van der Waals surface area contributed by atoms with E-state index in [0.717, 1.165) is 45.7 Å². The van der Waals surface area contributed by atoms with Crippen LogP contribution in [0.15, 0.2) is 103 Å². The molecule has 0 saturated heterocycles. The molecule has 4 aromatic rings. The van der Waals surface area contributed by atoms with E-state index in [-0.39, 0.29) is 5.41 Å². The predicted molar refractivity (Wildman–Crippen MR) is 181 cm³/mol. The van der Waals surface area contributed by atoms with Crippen molar-refractivity contribution in [1.82, 2.24) is 20.3 Å². The number of aromatic nitrogens is 3. The van der Waals surface area contributed by atoms with Crippen LogP contribution in [0.4, 0.5) is 0 Å². The van der Waals surface area contributed by atoms with E-state index in [2.05, 4.69) is 121 Å². The van der Waals surface area contributed by atoms with Gasteiger partial charge in [-0.25, -0.2) is 4.68 Å². The molecular weight excluding hydrogens is 508 g/mol. The maximum atomic E-state index is 4.84. The Morgan fingerprint density at radius 1 is 0.975 bits per heavy atom. The first-order chi connectivity index (χ1) is 19.6. The lowest BCUT2D eigenvalue weighted by molar-refractivity contribution is 0.592. The second kappa shape index (κ2) is 16.5. The molecule has 2 heterocycles. The Bertz CT molecular complexity index is 1420. The van der Waals surface area contributed by atoms with E-state index >= 15 is 0 Å². The highest BCUT2D eigenvalue weighted by molar-refractivity contribution is 7.90. The van der Waals surface area contributed by atoms with Crippen LogP contribution >= 0.6 is 12.6 Å². The van der Waals surface area contributed by atoms with Crippen molar-refractivity contribution >= 4 is 39.2 Å². The zero-order valence-electron chi connectivity index (χ0n) is 25.4. The number of thiol groups is 1. The Morgan fingerprint density at radius 3 is 2.12 bits per heavy atom. The van der Waals surface area contributed by atoms with Crippen molar-refractivity contribution in [3.8, 4) is 11.3 Å². The fourth-order valence-corrected chi connectivity index (χ4v) is 4.89. The molecule has 0 fully saturated rings. The summed E-state index contributed by atoms with van der Waals surface area (Å²) < 4.78 is 1.76. The van der Waals surface area contributed by atoms with E-state index < -0.39 is 0 Å². The Kier molecular flexibility index (Phi) is 13.5. The van der Waals surface area contributed by atoms with Crippen LogP contribution in [-0.2, 0) is 0 Å². The summed E-state index contributed by atoms with van der Waals surface area (Å²) in [7, 11) is 0. The van der Waals surface area contributed by atoms with Crippen LogP contribution in [0.5, 0.6) is 0 Å². The molecule has 3 aromatic carbocycles. The molecular formula is C35H46N4S. The quantitative estimate of drug-likeness (QED) is 0.142. The van der Waals surface area contributed by atoms with Crippen molar-refractivity contribution in [1.29, 1.82) is 0 Å². The Hall–Kier alpha value is -3.57. The molecule has 1 aliphatic heterocycles. The van der Waals surface area contributed by atoms with Crippen LogP contribution in [0.25, 0.3) is 37.8 Å². The zero-order chi connectivity index (χ0) is 29.5. The molecule has 0 saturated carbocycles. The minimum atomic E-state index is -0.337. The number of dihydropyridines is 1. The van der Waals surface area contributed by atoms with Crippen LogP contribution in [0.3, 0.4) is 0 Å². The van der Waals surface area contributed by atoms with Gasteiger partial charge in [-0.2, -0.15) is 0 Å². The third kappa shape index (κ3) is 7.54. The topological polar surface area (TPSA) is 42.7 Å². The summed E-state index contributed by atoms with van der Waals surface area (Å²) in [6, 6.07) is 19.1. The first-order valence-corrected chi connectivity index (χ1v) is 15.1. The summed E-state index contributed by atoms with van der Waals surface area (Å²) in [4.78, 5) is 0. The van der Waals surface area contributed by atoms with Gasteiger partial charge in [-0.3, -0.25) is 0 Å². The first-order valence-electron chi connectivity index (χ1n) is 14.6. The van der Waals surface area contributed by atoms with Crippen molar-refractivity contribution in [2.45, 2.75) is 61.8 Å². The third-order valence-corrected chi connectivity index (χ3v) is 6.61. The molecule has 1 atom stereocenters. The standard InChI is InChI=1S/C29H28N4S.3C2H6/c1-3-4-16-29(2,26-15-9-10-17-30-26)19-27(34)33-20-25(31-32-33)28-23-13-7-5-11-21(23)18-22-12-6-8-14-24(22)28;3*1-2/h4-16,18-20,30,34H,3,17H2,1-2H3;3*1-2H3/b16-4?,27-19-;;;. The molecule has 1 aliphatic rings. The van der Waals surface area contributed by atoms with Crippen LogP contribution in [0.1, 0.15) is 61.8 Å². The normalized spacial score (nSPS) is 14.1. The zero-order valence-corrected chi connectivity index (χ0v) is 26.3. The van der Waals surface area contributed by atoms with Crippen molar-refractivity contribution in [2.75, 3.05) is 6.54 Å². The highest BCUT2D eigenvalue weighted by Gasteiger charge is 2.25. The highest BCUT2D eigenvalue weighted by atomic mass is 32.1. The summed E-state index contributed by atoms with van der Waals surface area (Å²) in [6.45, 7) is 17.1. The van der Waals surface area contributed by atoms with E-state index in [1.165, 1.54) is 10.8 Å². The van der Waals surface area contributed by atoms with Crippen LogP contribution in [0.2, 0.25) is 0 Å². The molecule has 212 valence electrons. The fourth-order valence-electron chi connectivity index (χ4n) is 4.52. The second-order valence-electron chi connectivity index (χ2n) is 8.73. The predicted octanol–water partition coefficient (Wildman–Crippen LogP) is 10.1. The average Bonchev–Trinajstić information content (AvgIpc) is 3.52. The van der Waals surface area contributed by atoms with Gasteiger partial charge in [0.2, 0.25) is 0 Å². The maximum absolute atomic E-state index is 4.84. The lowest BCUT2D eigenvalue weighted by Gasteiger charge is -2.28. The number of allylic oxidation sites excluding steroid dienone is 4. The number of rotatable bonds is 6. The summed E-state index contributed by atoms with van der Waals surface area (Å²) in [5.41, 5.74) is 2.72. The van der Waals surface area contributed by atoms with E-state index in [4.69, 9.17) is 12.6 Å². The van der Waals surface area contributed by atoms with Crippen molar-refractivity contribution in [3.05, 3.63) is 103 Å². The highest BCUT2D eigenvalue weighted by Crippen LogP contribution is 2.37. The fraction of sp³-hybridized carbons (Fsp3) is 0.314. The molecule has 5 rings (SSSR count). The van der Waals surface area contributed by atoms with Gasteiger partial charge in [0.15, 0.2) is 0 Å². The number of nitrogens with one attached hydrogen (secondary N) is 1. The molecule has 0 radical (unpaired) electrons. The molecule has 0 bridgehead atoms. The van der Waals surface area contributed by atoms with Crippen LogP contribution in [0, 0.1) is 5.41 Å². The maximum Gasteiger partial charge on any atom is 0.114 e. The third-order valence-electron chi connectivity index (χ3n) is 6.27. The number of hydrogen-bond donors (Lipinski definition) is 2. The lowest BCUT2D eigenvalue weighted by Crippen LogP contribution is -2.28. The molecule has 4 nitrogen and oxygen atoms in total. The van der Waals surface area contributed by atoms with Crippen molar-refractivity contribution in [3.63, 3.8) is 0 Å². The van der Waals surface area contributed by atoms with Gasteiger partial charge in [-0.15, -0.1) is 17.7 Å². The number of nitrogens with zero attached hydrogens (tertiary/aromatic N) is 3. The Labute approximate surface area is 247 Å². The number of hydrogen-bond acceptors (Lipinski definition) is 4. The summed E-state index contributed by atoms with van der Waals surface area (Å²) >= 11 is 4.84. The van der Waals surface area contributed by atoms with E-state index in [1.54, 1.807) is 4.68 Å². The molecule has 0 aliphatic carbocycles. The van der Waals surface area contributed by atoms with Crippen LogP contribution < -0.4 is 5.32 Å². The second-order valence-corrected chi connectivity index (χ2v) is 9.19. The van der Waals surface area contributed by atoms with E-state index in [9.17, 15) is 0 Å². The number of fused-ring (bicyclic) bond motifs is 2. The Morgan fingerprint density at radius 2 is 1.57 bits per heavy atom. The van der Waals surface area contributed by atoms with Gasteiger partial charge >= 0.3 is 0 Å². The molecule has 1 aromatic heterocycles. The van der Waals surface area contributed by atoms with E-state index in [1.807, 2.05) is 47.7 Å². The largest absolute Gasteiger partial charge is 0.384 e. The van der Waals surface area contributed by atoms with Crippen molar-refractivity contribution in [2.24, 2.45) is 5.41 Å². The molecule has 1 unspecified atom stereocenters. The summed E-state index contributed by atoms with van der Waals surface area (Å²) in [5.74, 6) is 0.